The molecule has 1 aliphatic carbocycles. The Balaban J connectivity index is 2.15. The second-order valence-corrected chi connectivity index (χ2v) is 4.07. The van der Waals surface area contributed by atoms with Crippen molar-refractivity contribution >= 4 is 5.91 Å². The molecule has 7 nitrogen and oxygen atoms in total. The summed E-state index contributed by atoms with van der Waals surface area (Å²) in [5.74, 6) is -0.675. The van der Waals surface area contributed by atoms with Gasteiger partial charge in [-0.1, -0.05) is 0 Å². The highest BCUT2D eigenvalue weighted by molar-refractivity contribution is 5.88. The number of rotatable bonds is 3. The molecule has 0 saturated heterocycles. The molecule has 1 amide bonds. The van der Waals surface area contributed by atoms with Gasteiger partial charge in [-0.25, -0.2) is 9.67 Å². The maximum atomic E-state index is 10.8. The van der Waals surface area contributed by atoms with Crippen LogP contribution in [0.5, 0.6) is 0 Å². The molecule has 0 aliphatic heterocycles. The molecular formula is C9H14N4O3. The van der Waals surface area contributed by atoms with E-state index in [1.807, 2.05) is 0 Å². The lowest BCUT2D eigenvalue weighted by molar-refractivity contribution is 0.0986. The molecule has 3 atom stereocenters. The van der Waals surface area contributed by atoms with Crippen LogP contribution in [0, 0.1) is 5.92 Å². The number of primary amides is 1. The topological polar surface area (TPSA) is 114 Å². The molecule has 4 N–H and O–H groups in total. The zero-order valence-corrected chi connectivity index (χ0v) is 8.65. The van der Waals surface area contributed by atoms with Crippen LogP contribution < -0.4 is 5.73 Å². The van der Waals surface area contributed by atoms with Gasteiger partial charge in [0.15, 0.2) is 0 Å². The number of aromatic nitrogens is 3. The highest BCUT2D eigenvalue weighted by Crippen LogP contribution is 2.33. The lowest BCUT2D eigenvalue weighted by atomic mass is 10.1. The van der Waals surface area contributed by atoms with Crippen molar-refractivity contribution in [2.75, 3.05) is 6.61 Å². The van der Waals surface area contributed by atoms with E-state index in [-0.39, 0.29) is 24.4 Å². The maximum absolute atomic E-state index is 10.8. The number of nitrogens with two attached hydrogens (primary N) is 1. The van der Waals surface area contributed by atoms with Crippen molar-refractivity contribution in [3.8, 4) is 0 Å². The minimum absolute atomic E-state index is 0.0466. The van der Waals surface area contributed by atoms with E-state index in [1.165, 1.54) is 11.0 Å². The molecule has 0 bridgehead atoms. The molecule has 16 heavy (non-hydrogen) atoms. The van der Waals surface area contributed by atoms with Crippen LogP contribution in [0.3, 0.4) is 0 Å². The van der Waals surface area contributed by atoms with Gasteiger partial charge in [0.2, 0.25) is 5.82 Å². The molecular weight excluding hydrogens is 212 g/mol. The molecule has 1 aromatic rings. The summed E-state index contributed by atoms with van der Waals surface area (Å²) in [7, 11) is 0. The minimum Gasteiger partial charge on any atom is -0.396 e. The summed E-state index contributed by atoms with van der Waals surface area (Å²) in [6, 6.07) is -0.238. The molecule has 0 aromatic carbocycles. The van der Waals surface area contributed by atoms with Crippen molar-refractivity contribution in [2.24, 2.45) is 11.7 Å². The number of hydrogen-bond acceptors (Lipinski definition) is 5. The van der Waals surface area contributed by atoms with E-state index >= 15 is 0 Å². The van der Waals surface area contributed by atoms with Crippen molar-refractivity contribution in [3.05, 3.63) is 12.2 Å². The summed E-state index contributed by atoms with van der Waals surface area (Å²) in [4.78, 5) is 14.6. The second kappa shape index (κ2) is 4.18. The number of amides is 1. The van der Waals surface area contributed by atoms with Gasteiger partial charge in [0.1, 0.15) is 6.33 Å². The van der Waals surface area contributed by atoms with Crippen molar-refractivity contribution in [2.45, 2.75) is 25.0 Å². The second-order valence-electron chi connectivity index (χ2n) is 4.07. The molecule has 0 spiro atoms. The van der Waals surface area contributed by atoms with Crippen LogP contribution in [0.2, 0.25) is 0 Å². The molecule has 2 rings (SSSR count). The predicted octanol–water partition coefficient (Wildman–Crippen LogP) is -1.32. The molecule has 88 valence electrons. The van der Waals surface area contributed by atoms with E-state index < -0.39 is 12.0 Å². The van der Waals surface area contributed by atoms with E-state index in [9.17, 15) is 9.90 Å². The fourth-order valence-corrected chi connectivity index (χ4v) is 2.07. The van der Waals surface area contributed by atoms with Crippen LogP contribution in [0.4, 0.5) is 0 Å². The standard InChI is InChI=1S/C9H14N4O3/c10-8(16)9-11-4-13(12-9)6-1-5(3-14)2-7(6)15/h4-7,14-15H,1-3H2,(H2,10,16). The van der Waals surface area contributed by atoms with Crippen molar-refractivity contribution < 1.29 is 15.0 Å². The Morgan fingerprint density at radius 1 is 1.62 bits per heavy atom. The molecule has 0 radical (unpaired) electrons. The number of nitrogens with zero attached hydrogens (tertiary/aromatic N) is 3. The summed E-state index contributed by atoms with van der Waals surface area (Å²) in [6.07, 6.45) is 1.97. The smallest absolute Gasteiger partial charge is 0.288 e. The van der Waals surface area contributed by atoms with Gasteiger partial charge in [0, 0.05) is 6.61 Å². The van der Waals surface area contributed by atoms with E-state index in [1.54, 1.807) is 0 Å². The van der Waals surface area contributed by atoms with Gasteiger partial charge in [0.05, 0.1) is 12.1 Å². The van der Waals surface area contributed by atoms with Crippen molar-refractivity contribution in [3.63, 3.8) is 0 Å². The Kier molecular flexibility index (Phi) is 2.88. The summed E-state index contributed by atoms with van der Waals surface area (Å²) in [5.41, 5.74) is 5.03. The average Bonchev–Trinajstić information content (AvgIpc) is 2.83. The van der Waals surface area contributed by atoms with Crippen molar-refractivity contribution in [1.82, 2.24) is 14.8 Å². The Hall–Kier alpha value is -1.47. The monoisotopic (exact) mass is 226 g/mol. The molecule has 3 unspecified atom stereocenters. The highest BCUT2D eigenvalue weighted by Gasteiger charge is 2.34. The van der Waals surface area contributed by atoms with E-state index in [0.29, 0.717) is 12.8 Å². The fraction of sp³-hybridized carbons (Fsp3) is 0.667. The van der Waals surface area contributed by atoms with Gasteiger partial charge in [-0.3, -0.25) is 4.79 Å². The van der Waals surface area contributed by atoms with Crippen LogP contribution in [-0.2, 0) is 0 Å². The Morgan fingerprint density at radius 3 is 2.88 bits per heavy atom. The third-order valence-electron chi connectivity index (χ3n) is 2.92. The molecule has 1 fully saturated rings. The summed E-state index contributed by atoms with van der Waals surface area (Å²) < 4.78 is 1.44. The van der Waals surface area contributed by atoms with Crippen LogP contribution in [0.15, 0.2) is 6.33 Å². The maximum Gasteiger partial charge on any atom is 0.288 e. The predicted molar refractivity (Wildman–Crippen MR) is 53.4 cm³/mol. The minimum atomic E-state index is -0.690. The summed E-state index contributed by atoms with van der Waals surface area (Å²) in [5, 5.41) is 22.7. The lowest BCUT2D eigenvalue weighted by Crippen LogP contribution is -2.20. The van der Waals surface area contributed by atoms with Gasteiger partial charge in [0.25, 0.3) is 5.91 Å². The molecule has 1 heterocycles. The summed E-state index contributed by atoms with van der Waals surface area (Å²) >= 11 is 0. The van der Waals surface area contributed by atoms with E-state index in [4.69, 9.17) is 10.8 Å². The third-order valence-corrected chi connectivity index (χ3v) is 2.92. The number of carbonyl (C=O) groups is 1. The molecule has 1 saturated carbocycles. The summed E-state index contributed by atoms with van der Waals surface area (Å²) in [6.45, 7) is 0.0466. The van der Waals surface area contributed by atoms with Crippen LogP contribution in [0.25, 0.3) is 0 Å². The first-order valence-corrected chi connectivity index (χ1v) is 5.11. The van der Waals surface area contributed by atoms with Crippen LogP contribution >= 0.6 is 0 Å². The third kappa shape index (κ3) is 1.91. The zero-order chi connectivity index (χ0) is 11.7. The fourth-order valence-electron chi connectivity index (χ4n) is 2.07. The molecule has 1 aromatic heterocycles. The quantitative estimate of drug-likeness (QED) is 0.591. The molecule has 1 aliphatic rings. The Labute approximate surface area is 91.9 Å². The Morgan fingerprint density at radius 2 is 2.38 bits per heavy atom. The first kappa shape index (κ1) is 11.0. The number of aliphatic hydroxyl groups excluding tert-OH is 2. The molecule has 7 heteroatoms. The van der Waals surface area contributed by atoms with Gasteiger partial charge in [-0.2, -0.15) is 0 Å². The average molecular weight is 226 g/mol. The van der Waals surface area contributed by atoms with Crippen LogP contribution in [0.1, 0.15) is 29.5 Å². The lowest BCUT2D eigenvalue weighted by Gasteiger charge is -2.13. The van der Waals surface area contributed by atoms with Gasteiger partial charge >= 0.3 is 0 Å². The zero-order valence-electron chi connectivity index (χ0n) is 8.65. The first-order valence-electron chi connectivity index (χ1n) is 5.11. The van der Waals surface area contributed by atoms with Gasteiger partial charge < -0.3 is 15.9 Å². The SMILES string of the molecule is NC(=O)c1ncn(C2CC(CO)CC2O)n1. The number of aliphatic hydroxyl groups is 2. The van der Waals surface area contributed by atoms with Crippen LogP contribution in [-0.4, -0.2) is 43.6 Å². The highest BCUT2D eigenvalue weighted by atomic mass is 16.3. The van der Waals surface area contributed by atoms with E-state index in [0.717, 1.165) is 0 Å². The van der Waals surface area contributed by atoms with E-state index in [2.05, 4.69) is 10.1 Å². The number of hydrogen-bond donors (Lipinski definition) is 3. The van der Waals surface area contributed by atoms with Crippen molar-refractivity contribution in [1.29, 1.82) is 0 Å². The first-order chi connectivity index (χ1) is 7.61. The normalized spacial score (nSPS) is 29.5. The van der Waals surface area contributed by atoms with Gasteiger partial charge in [-0.05, 0) is 18.8 Å². The van der Waals surface area contributed by atoms with Gasteiger partial charge in [-0.15, -0.1) is 5.10 Å². The Bertz CT molecular complexity index is 392. The largest absolute Gasteiger partial charge is 0.396 e. The number of carbonyl (C=O) groups excluding carboxylic acids is 1.